The Kier molecular flexibility index (Phi) is 4.96. The van der Waals surface area contributed by atoms with Crippen molar-refractivity contribution < 1.29 is 9.32 Å². The van der Waals surface area contributed by atoms with Crippen LogP contribution in [0, 0.1) is 0 Å². The highest BCUT2D eigenvalue weighted by Gasteiger charge is 2.10. The van der Waals surface area contributed by atoms with Gasteiger partial charge < -0.3 is 10.4 Å². The molecule has 0 saturated carbocycles. The molecule has 0 saturated heterocycles. The minimum absolute atomic E-state index is 0.144. The lowest BCUT2D eigenvalue weighted by Crippen LogP contribution is -2.33. The molecule has 3 unspecified atom stereocenters. The standard InChI is InChI=1S/C12H19NO2S/c1-9(8-16(3)15)13-10(2)11-5-4-6-12(14)7-11/h4-7,9-10,13-14H,8H2,1-3H3. The molecule has 0 aromatic heterocycles. The predicted molar refractivity (Wildman–Crippen MR) is 68.1 cm³/mol. The van der Waals surface area contributed by atoms with Gasteiger partial charge in [-0.05, 0) is 31.5 Å². The van der Waals surface area contributed by atoms with Crippen molar-refractivity contribution >= 4 is 10.8 Å². The van der Waals surface area contributed by atoms with Gasteiger partial charge in [0.2, 0.25) is 0 Å². The van der Waals surface area contributed by atoms with E-state index >= 15 is 0 Å². The summed E-state index contributed by atoms with van der Waals surface area (Å²) < 4.78 is 11.1. The average Bonchev–Trinajstić information content (AvgIpc) is 2.16. The molecule has 0 heterocycles. The smallest absolute Gasteiger partial charge is 0.115 e. The lowest BCUT2D eigenvalue weighted by Gasteiger charge is -2.19. The molecule has 2 N–H and O–H groups in total. The summed E-state index contributed by atoms with van der Waals surface area (Å²) in [7, 11) is -0.785. The van der Waals surface area contributed by atoms with Crippen LogP contribution in [0.1, 0.15) is 25.5 Å². The molecule has 0 spiro atoms. The topological polar surface area (TPSA) is 49.3 Å². The highest BCUT2D eigenvalue weighted by molar-refractivity contribution is 7.84. The predicted octanol–water partition coefficient (Wildman–Crippen LogP) is 1.81. The van der Waals surface area contributed by atoms with Gasteiger partial charge in [0.05, 0.1) is 0 Å². The summed E-state index contributed by atoms with van der Waals surface area (Å²) in [6, 6.07) is 7.53. The third-order valence-electron chi connectivity index (χ3n) is 2.39. The first kappa shape index (κ1) is 13.2. The highest BCUT2D eigenvalue weighted by atomic mass is 32.2. The Labute approximate surface area is 99.3 Å². The van der Waals surface area contributed by atoms with Crippen LogP contribution in [0.5, 0.6) is 5.75 Å². The molecule has 4 heteroatoms. The lowest BCUT2D eigenvalue weighted by molar-refractivity contribution is 0.468. The monoisotopic (exact) mass is 241 g/mol. The molecule has 1 rings (SSSR count). The quantitative estimate of drug-likeness (QED) is 0.826. The molecule has 3 atom stereocenters. The summed E-state index contributed by atoms with van der Waals surface area (Å²) in [4.78, 5) is 0. The van der Waals surface area contributed by atoms with Gasteiger partial charge in [-0.2, -0.15) is 0 Å². The molecular formula is C12H19NO2S. The van der Waals surface area contributed by atoms with Crippen molar-refractivity contribution in [1.82, 2.24) is 5.32 Å². The molecule has 0 aliphatic carbocycles. The maximum absolute atomic E-state index is 11.1. The van der Waals surface area contributed by atoms with Gasteiger partial charge in [-0.15, -0.1) is 0 Å². The minimum atomic E-state index is -0.785. The normalized spacial score (nSPS) is 16.7. The largest absolute Gasteiger partial charge is 0.508 e. The maximum atomic E-state index is 11.1. The van der Waals surface area contributed by atoms with Crippen molar-refractivity contribution in [2.45, 2.75) is 25.9 Å². The third-order valence-corrected chi connectivity index (χ3v) is 3.36. The number of phenolic OH excluding ortho intramolecular Hbond substituents is 1. The Bertz CT molecular complexity index is 368. The first-order chi connectivity index (χ1) is 7.49. The number of hydrogen-bond donors (Lipinski definition) is 2. The van der Waals surface area contributed by atoms with Gasteiger partial charge in [0, 0.05) is 34.9 Å². The van der Waals surface area contributed by atoms with Gasteiger partial charge in [-0.25, -0.2) is 0 Å². The number of benzene rings is 1. The molecule has 0 amide bonds. The number of aromatic hydroxyl groups is 1. The summed E-state index contributed by atoms with van der Waals surface area (Å²) in [6.07, 6.45) is 1.71. The Balaban J connectivity index is 2.58. The second-order valence-electron chi connectivity index (χ2n) is 4.12. The Hall–Kier alpha value is -0.870. The molecule has 0 bridgehead atoms. The first-order valence-corrected chi connectivity index (χ1v) is 7.06. The van der Waals surface area contributed by atoms with Crippen molar-refractivity contribution in [1.29, 1.82) is 0 Å². The van der Waals surface area contributed by atoms with E-state index in [2.05, 4.69) is 5.32 Å². The molecule has 1 aromatic carbocycles. The van der Waals surface area contributed by atoms with Gasteiger partial charge in [0.15, 0.2) is 0 Å². The molecule has 0 aliphatic rings. The number of rotatable bonds is 5. The fourth-order valence-corrected chi connectivity index (χ4v) is 2.52. The molecular weight excluding hydrogens is 222 g/mol. The second kappa shape index (κ2) is 6.01. The molecule has 0 radical (unpaired) electrons. The zero-order valence-electron chi connectivity index (χ0n) is 9.93. The van der Waals surface area contributed by atoms with Crippen LogP contribution >= 0.6 is 0 Å². The molecule has 90 valence electrons. The van der Waals surface area contributed by atoms with Crippen LogP contribution in [-0.4, -0.2) is 27.4 Å². The molecule has 0 aliphatic heterocycles. The molecule has 1 aromatic rings. The number of nitrogens with one attached hydrogen (secondary N) is 1. The summed E-state index contributed by atoms with van der Waals surface area (Å²) in [6.45, 7) is 4.05. The van der Waals surface area contributed by atoms with E-state index in [1.807, 2.05) is 26.0 Å². The van der Waals surface area contributed by atoms with Crippen molar-refractivity contribution in [2.24, 2.45) is 0 Å². The number of phenols is 1. The first-order valence-electron chi connectivity index (χ1n) is 5.34. The van der Waals surface area contributed by atoms with Crippen LogP contribution in [0.2, 0.25) is 0 Å². The summed E-state index contributed by atoms with van der Waals surface area (Å²) >= 11 is 0. The van der Waals surface area contributed by atoms with Gasteiger partial charge in [0.25, 0.3) is 0 Å². The van der Waals surface area contributed by atoms with Gasteiger partial charge in [-0.3, -0.25) is 4.21 Å². The van der Waals surface area contributed by atoms with E-state index in [4.69, 9.17) is 0 Å². The second-order valence-corrected chi connectivity index (χ2v) is 5.60. The van der Waals surface area contributed by atoms with Crippen molar-refractivity contribution in [3.8, 4) is 5.75 Å². The van der Waals surface area contributed by atoms with Gasteiger partial charge in [-0.1, -0.05) is 12.1 Å². The van der Waals surface area contributed by atoms with E-state index in [0.29, 0.717) is 5.75 Å². The molecule has 16 heavy (non-hydrogen) atoms. The van der Waals surface area contributed by atoms with Crippen molar-refractivity contribution in [3.63, 3.8) is 0 Å². The zero-order chi connectivity index (χ0) is 12.1. The van der Waals surface area contributed by atoms with E-state index in [1.165, 1.54) is 0 Å². The van der Waals surface area contributed by atoms with E-state index in [9.17, 15) is 9.32 Å². The third kappa shape index (κ3) is 4.33. The summed E-state index contributed by atoms with van der Waals surface area (Å²) in [5, 5.41) is 12.7. The SMILES string of the molecule is CC(CS(C)=O)NC(C)c1cccc(O)c1. The van der Waals surface area contributed by atoms with E-state index in [1.54, 1.807) is 18.4 Å². The molecule has 0 fully saturated rings. The summed E-state index contributed by atoms with van der Waals surface area (Å²) in [5.74, 6) is 0.918. The van der Waals surface area contributed by atoms with Gasteiger partial charge in [0.1, 0.15) is 5.75 Å². The average molecular weight is 241 g/mol. The van der Waals surface area contributed by atoms with Crippen LogP contribution < -0.4 is 5.32 Å². The fraction of sp³-hybridized carbons (Fsp3) is 0.500. The minimum Gasteiger partial charge on any atom is -0.508 e. The van der Waals surface area contributed by atoms with Crippen LogP contribution in [-0.2, 0) is 10.8 Å². The highest BCUT2D eigenvalue weighted by Crippen LogP contribution is 2.18. The van der Waals surface area contributed by atoms with E-state index in [-0.39, 0.29) is 17.8 Å². The zero-order valence-corrected chi connectivity index (χ0v) is 10.8. The van der Waals surface area contributed by atoms with Crippen LogP contribution in [0.25, 0.3) is 0 Å². The Morgan fingerprint density at radius 2 is 2.12 bits per heavy atom. The maximum Gasteiger partial charge on any atom is 0.115 e. The number of hydrogen-bond acceptors (Lipinski definition) is 3. The van der Waals surface area contributed by atoms with Crippen molar-refractivity contribution in [2.75, 3.05) is 12.0 Å². The van der Waals surface area contributed by atoms with Crippen molar-refractivity contribution in [3.05, 3.63) is 29.8 Å². The van der Waals surface area contributed by atoms with E-state index < -0.39 is 10.8 Å². The fourth-order valence-electron chi connectivity index (χ4n) is 1.72. The summed E-state index contributed by atoms with van der Waals surface area (Å²) in [5.41, 5.74) is 1.04. The molecule has 3 nitrogen and oxygen atoms in total. The Morgan fingerprint density at radius 3 is 2.69 bits per heavy atom. The van der Waals surface area contributed by atoms with Crippen LogP contribution in [0.4, 0.5) is 0 Å². The van der Waals surface area contributed by atoms with E-state index in [0.717, 1.165) is 5.56 Å². The Morgan fingerprint density at radius 1 is 1.44 bits per heavy atom. The van der Waals surface area contributed by atoms with Gasteiger partial charge >= 0.3 is 0 Å². The van der Waals surface area contributed by atoms with Crippen LogP contribution in [0.3, 0.4) is 0 Å². The van der Waals surface area contributed by atoms with Crippen LogP contribution in [0.15, 0.2) is 24.3 Å². The lowest BCUT2D eigenvalue weighted by atomic mass is 10.1.